The van der Waals surface area contributed by atoms with Crippen molar-refractivity contribution in [1.29, 1.82) is 0 Å². The maximum Gasteiger partial charge on any atom is 0.261 e. The summed E-state index contributed by atoms with van der Waals surface area (Å²) < 4.78 is 2.91. The van der Waals surface area contributed by atoms with Crippen molar-refractivity contribution in [3.8, 4) is 0 Å². The second kappa shape index (κ2) is 3.97. The molecule has 1 aromatic carbocycles. The summed E-state index contributed by atoms with van der Waals surface area (Å²) in [5.41, 5.74) is 9.34. The van der Waals surface area contributed by atoms with E-state index in [0.717, 1.165) is 15.8 Å². The molecule has 3 rings (SSSR count). The fraction of sp³-hybridized carbons (Fsp3) is 0. The Morgan fingerprint density at radius 3 is 2.88 bits per heavy atom. The molecule has 1 aliphatic heterocycles. The zero-order chi connectivity index (χ0) is 11.8. The second-order valence-corrected chi connectivity index (χ2v) is 5.37. The molecule has 4 nitrogen and oxygen atoms in total. The normalized spacial score (nSPS) is 14.2. The fourth-order valence-corrected chi connectivity index (χ4v) is 3.50. The van der Waals surface area contributed by atoms with E-state index < -0.39 is 5.91 Å². The van der Waals surface area contributed by atoms with Crippen molar-refractivity contribution in [1.82, 2.24) is 5.43 Å². The molecule has 0 saturated heterocycles. The van der Waals surface area contributed by atoms with Crippen LogP contribution in [0.4, 0.5) is 5.69 Å². The molecule has 6 heteroatoms. The first kappa shape index (κ1) is 10.5. The summed E-state index contributed by atoms with van der Waals surface area (Å²) in [5, 5.41) is 2.95. The number of thiophene rings is 1. The van der Waals surface area contributed by atoms with Crippen LogP contribution in [0.15, 0.2) is 35.9 Å². The number of hydrazine groups is 1. The van der Waals surface area contributed by atoms with Gasteiger partial charge in [0, 0.05) is 33.6 Å². The van der Waals surface area contributed by atoms with E-state index >= 15 is 0 Å². The van der Waals surface area contributed by atoms with Gasteiger partial charge in [-0.3, -0.25) is 10.2 Å². The summed E-state index contributed by atoms with van der Waals surface area (Å²) in [6.45, 7) is 0. The van der Waals surface area contributed by atoms with E-state index in [4.69, 9.17) is 5.73 Å². The first-order chi connectivity index (χ1) is 8.27. The minimum atomic E-state index is -0.393. The highest BCUT2D eigenvalue weighted by atomic mass is 32.2. The van der Waals surface area contributed by atoms with Gasteiger partial charge in [-0.15, -0.1) is 11.3 Å². The molecule has 0 atom stereocenters. The fourth-order valence-electron chi connectivity index (χ4n) is 1.74. The average Bonchev–Trinajstić information content (AvgIpc) is 2.94. The van der Waals surface area contributed by atoms with Gasteiger partial charge in [0.2, 0.25) is 0 Å². The Balaban J connectivity index is 2.24. The van der Waals surface area contributed by atoms with Gasteiger partial charge < -0.3 is 5.73 Å². The maximum atomic E-state index is 11.5. The third kappa shape index (κ3) is 1.65. The molecule has 0 radical (unpaired) electrons. The molecule has 3 N–H and O–H groups in total. The van der Waals surface area contributed by atoms with Gasteiger partial charge in [-0.25, -0.2) is 4.41 Å². The van der Waals surface area contributed by atoms with Crippen LogP contribution in [0.5, 0.6) is 0 Å². The standard InChI is InChI=1S/C11H9N3OS2/c12-11(15)10-9(14-13-5-6-16-14)7-3-1-2-4-8(7)17-10/h1-6,13H,(H2,12,15). The van der Waals surface area contributed by atoms with Crippen molar-refractivity contribution in [3.63, 3.8) is 0 Å². The quantitative estimate of drug-likeness (QED) is 0.817. The van der Waals surface area contributed by atoms with Crippen LogP contribution in [-0.2, 0) is 0 Å². The Hall–Kier alpha value is -1.66. The van der Waals surface area contributed by atoms with Gasteiger partial charge in [0.15, 0.2) is 0 Å². The predicted octanol–water partition coefficient (Wildman–Crippen LogP) is 2.44. The minimum absolute atomic E-state index is 0.393. The molecule has 0 unspecified atom stereocenters. The van der Waals surface area contributed by atoms with Gasteiger partial charge in [-0.05, 0) is 6.07 Å². The number of primary amides is 1. The third-order valence-electron chi connectivity index (χ3n) is 2.42. The average molecular weight is 263 g/mol. The molecule has 1 aliphatic rings. The lowest BCUT2D eigenvalue weighted by atomic mass is 10.2. The zero-order valence-electron chi connectivity index (χ0n) is 8.71. The Morgan fingerprint density at radius 2 is 2.18 bits per heavy atom. The van der Waals surface area contributed by atoms with Crippen molar-refractivity contribution in [2.45, 2.75) is 0 Å². The van der Waals surface area contributed by atoms with Crippen LogP contribution in [0.25, 0.3) is 10.1 Å². The Bertz CT molecular complexity index is 612. The molecule has 1 amide bonds. The van der Waals surface area contributed by atoms with Crippen LogP contribution in [0.2, 0.25) is 0 Å². The maximum absolute atomic E-state index is 11.5. The van der Waals surface area contributed by atoms with Gasteiger partial charge >= 0.3 is 0 Å². The van der Waals surface area contributed by atoms with Gasteiger partial charge in [-0.2, -0.15) is 0 Å². The summed E-state index contributed by atoms with van der Waals surface area (Å²) in [5.74, 6) is -0.393. The lowest BCUT2D eigenvalue weighted by Gasteiger charge is -2.16. The number of hydrogen-bond acceptors (Lipinski definition) is 5. The van der Waals surface area contributed by atoms with Gasteiger partial charge in [0.25, 0.3) is 5.91 Å². The summed E-state index contributed by atoms with van der Waals surface area (Å²) in [6.07, 6.45) is 1.82. The number of anilines is 1. The molecular weight excluding hydrogens is 254 g/mol. The first-order valence-electron chi connectivity index (χ1n) is 4.97. The van der Waals surface area contributed by atoms with E-state index in [0.29, 0.717) is 4.88 Å². The Labute approximate surface area is 106 Å². The van der Waals surface area contributed by atoms with E-state index in [1.54, 1.807) is 0 Å². The molecule has 0 saturated carbocycles. The highest BCUT2D eigenvalue weighted by Gasteiger charge is 2.22. The van der Waals surface area contributed by atoms with Crippen molar-refractivity contribution in [3.05, 3.63) is 40.8 Å². The lowest BCUT2D eigenvalue weighted by Crippen LogP contribution is -2.25. The topological polar surface area (TPSA) is 58.4 Å². The molecule has 17 heavy (non-hydrogen) atoms. The van der Waals surface area contributed by atoms with Crippen LogP contribution in [0.3, 0.4) is 0 Å². The molecule has 2 heterocycles. The van der Waals surface area contributed by atoms with Gasteiger partial charge in [-0.1, -0.05) is 18.2 Å². The number of carbonyl (C=O) groups is 1. The SMILES string of the molecule is NC(=O)c1sc2ccccc2c1N1NC=CS1. The molecular formula is C11H9N3OS2. The van der Waals surface area contributed by atoms with Crippen molar-refractivity contribution < 1.29 is 4.79 Å². The number of amides is 1. The smallest absolute Gasteiger partial charge is 0.261 e. The minimum Gasteiger partial charge on any atom is -0.365 e. The molecule has 0 aliphatic carbocycles. The van der Waals surface area contributed by atoms with Gasteiger partial charge in [0.05, 0.1) is 0 Å². The van der Waals surface area contributed by atoms with Crippen molar-refractivity contribution in [2.24, 2.45) is 5.73 Å². The van der Waals surface area contributed by atoms with Gasteiger partial charge in [0.1, 0.15) is 10.6 Å². The summed E-state index contributed by atoms with van der Waals surface area (Å²) in [7, 11) is 0. The van der Waals surface area contributed by atoms with E-state index in [-0.39, 0.29) is 0 Å². The number of nitrogens with two attached hydrogens (primary N) is 1. The summed E-state index contributed by atoms with van der Waals surface area (Å²) in [4.78, 5) is 12.1. The second-order valence-electron chi connectivity index (χ2n) is 3.47. The number of hydrogen-bond donors (Lipinski definition) is 2. The zero-order valence-corrected chi connectivity index (χ0v) is 10.3. The predicted molar refractivity (Wildman–Crippen MR) is 72.7 cm³/mol. The van der Waals surface area contributed by atoms with Crippen LogP contribution in [0.1, 0.15) is 9.67 Å². The van der Waals surface area contributed by atoms with E-state index in [1.807, 2.05) is 40.3 Å². The van der Waals surface area contributed by atoms with Crippen LogP contribution >= 0.6 is 23.3 Å². The van der Waals surface area contributed by atoms with Crippen LogP contribution in [0, 0.1) is 0 Å². The number of benzene rings is 1. The molecule has 1 aromatic heterocycles. The number of carbonyl (C=O) groups excluding carboxylic acids is 1. The first-order valence-corrected chi connectivity index (χ1v) is 6.62. The monoisotopic (exact) mass is 263 g/mol. The third-order valence-corrected chi connectivity index (χ3v) is 4.35. The van der Waals surface area contributed by atoms with Crippen LogP contribution < -0.4 is 15.6 Å². The number of nitrogens with one attached hydrogen (secondary N) is 1. The molecule has 2 aromatic rings. The summed E-state index contributed by atoms with van der Waals surface area (Å²) in [6, 6.07) is 7.89. The largest absolute Gasteiger partial charge is 0.365 e. The van der Waals surface area contributed by atoms with Crippen molar-refractivity contribution >= 4 is 45.0 Å². The molecule has 0 fully saturated rings. The molecule has 0 bridgehead atoms. The Morgan fingerprint density at radius 1 is 1.35 bits per heavy atom. The number of fused-ring (bicyclic) bond motifs is 1. The lowest BCUT2D eigenvalue weighted by molar-refractivity contribution is 0.100. The van der Waals surface area contributed by atoms with Crippen LogP contribution in [-0.4, -0.2) is 5.91 Å². The highest BCUT2D eigenvalue weighted by Crippen LogP contribution is 2.40. The Kier molecular flexibility index (Phi) is 2.45. The molecule has 0 spiro atoms. The van der Waals surface area contributed by atoms with E-state index in [2.05, 4.69) is 5.43 Å². The number of nitrogens with zero attached hydrogens (tertiary/aromatic N) is 1. The van der Waals surface area contributed by atoms with Crippen molar-refractivity contribution in [2.75, 3.05) is 4.41 Å². The summed E-state index contributed by atoms with van der Waals surface area (Å²) >= 11 is 2.91. The highest BCUT2D eigenvalue weighted by molar-refractivity contribution is 8.03. The molecule has 86 valence electrons. The number of rotatable bonds is 2. The van der Waals surface area contributed by atoms with E-state index in [1.165, 1.54) is 23.3 Å². The van der Waals surface area contributed by atoms with E-state index in [9.17, 15) is 4.79 Å².